The van der Waals surface area contributed by atoms with E-state index in [1.807, 2.05) is 30.3 Å². The molecule has 0 N–H and O–H groups in total. The van der Waals surface area contributed by atoms with Gasteiger partial charge in [-0.25, -0.2) is 4.79 Å². The van der Waals surface area contributed by atoms with Crippen LogP contribution in [0.5, 0.6) is 0 Å². The fourth-order valence-electron chi connectivity index (χ4n) is 1.94. The van der Waals surface area contributed by atoms with Gasteiger partial charge in [-0.05, 0) is 32.8 Å². The normalized spacial score (nSPS) is 10.8. The number of amides is 1. The van der Waals surface area contributed by atoms with Crippen LogP contribution in [0.2, 0.25) is 0 Å². The molecule has 23 heavy (non-hydrogen) atoms. The number of hydrogen-bond donors (Lipinski definition) is 0. The molecule has 0 saturated heterocycles. The molecule has 0 spiro atoms. The van der Waals surface area contributed by atoms with E-state index in [4.69, 9.17) is 4.74 Å². The summed E-state index contributed by atoms with van der Waals surface area (Å²) in [5.74, 6) is -0.497. The topological polar surface area (TPSA) is 55.8 Å². The Morgan fingerprint density at radius 2 is 1.74 bits per heavy atom. The van der Waals surface area contributed by atoms with Gasteiger partial charge in [0.05, 0.1) is 7.11 Å². The van der Waals surface area contributed by atoms with Gasteiger partial charge < -0.3 is 9.47 Å². The third-order valence-corrected chi connectivity index (χ3v) is 2.91. The van der Waals surface area contributed by atoms with Crippen LogP contribution >= 0.6 is 0 Å². The maximum absolute atomic E-state index is 12.3. The first kappa shape index (κ1) is 18.7. The minimum Gasteiger partial charge on any atom is -0.468 e. The minimum absolute atomic E-state index is 0.167. The Balaban J connectivity index is 2.73. The highest BCUT2D eigenvalue weighted by molar-refractivity contribution is 5.78. The van der Waals surface area contributed by atoms with E-state index >= 15 is 0 Å². The summed E-state index contributed by atoms with van der Waals surface area (Å²) in [4.78, 5) is 25.1. The SMILES string of the molecule is C=C(Cc1ccccc1)CN(CC(=O)OC)C(=O)OC(C)(C)C. The van der Waals surface area contributed by atoms with Gasteiger partial charge in [-0.3, -0.25) is 9.69 Å². The minimum atomic E-state index is -0.633. The number of rotatable bonds is 6. The maximum atomic E-state index is 12.3. The number of benzene rings is 1. The molecule has 0 unspecified atom stereocenters. The number of esters is 1. The molecule has 0 aliphatic carbocycles. The Morgan fingerprint density at radius 3 is 2.26 bits per heavy atom. The summed E-state index contributed by atoms with van der Waals surface area (Å²) in [6, 6.07) is 9.81. The molecule has 0 aromatic heterocycles. The van der Waals surface area contributed by atoms with Gasteiger partial charge in [-0.15, -0.1) is 0 Å². The molecule has 126 valence electrons. The second kappa shape index (κ2) is 8.36. The van der Waals surface area contributed by atoms with Crippen molar-refractivity contribution in [3.05, 3.63) is 48.0 Å². The predicted octanol–water partition coefficient (Wildman–Crippen LogP) is 3.20. The Hall–Kier alpha value is -2.30. The summed E-state index contributed by atoms with van der Waals surface area (Å²) in [5.41, 5.74) is 1.28. The number of hydrogen-bond acceptors (Lipinski definition) is 4. The van der Waals surface area contributed by atoms with Crippen LogP contribution in [0.3, 0.4) is 0 Å². The fourth-order valence-corrected chi connectivity index (χ4v) is 1.94. The average molecular weight is 319 g/mol. The van der Waals surface area contributed by atoms with Crippen LogP contribution in [0.15, 0.2) is 42.5 Å². The Kier molecular flexibility index (Phi) is 6.82. The monoisotopic (exact) mass is 319 g/mol. The van der Waals surface area contributed by atoms with E-state index < -0.39 is 17.7 Å². The lowest BCUT2D eigenvalue weighted by atomic mass is 10.1. The highest BCUT2D eigenvalue weighted by Gasteiger charge is 2.24. The second-order valence-electron chi connectivity index (χ2n) is 6.32. The maximum Gasteiger partial charge on any atom is 0.411 e. The van der Waals surface area contributed by atoms with Crippen molar-refractivity contribution in [3.8, 4) is 0 Å². The van der Waals surface area contributed by atoms with Crippen LogP contribution in [0.4, 0.5) is 4.79 Å². The molecular weight excluding hydrogens is 294 g/mol. The summed E-state index contributed by atoms with van der Waals surface area (Å²) in [7, 11) is 1.29. The molecule has 1 aromatic carbocycles. The molecule has 0 radical (unpaired) electrons. The van der Waals surface area contributed by atoms with Gasteiger partial charge in [-0.2, -0.15) is 0 Å². The Bertz CT molecular complexity index is 546. The van der Waals surface area contributed by atoms with E-state index in [1.54, 1.807) is 20.8 Å². The molecule has 0 fully saturated rings. The van der Waals surface area contributed by atoms with Crippen molar-refractivity contribution in [1.29, 1.82) is 0 Å². The van der Waals surface area contributed by atoms with Gasteiger partial charge in [0.25, 0.3) is 0 Å². The van der Waals surface area contributed by atoms with Crippen molar-refractivity contribution in [2.45, 2.75) is 32.8 Å². The van der Waals surface area contributed by atoms with E-state index in [-0.39, 0.29) is 13.1 Å². The first-order chi connectivity index (χ1) is 10.7. The van der Waals surface area contributed by atoms with Crippen molar-refractivity contribution < 1.29 is 19.1 Å². The fraction of sp³-hybridized carbons (Fsp3) is 0.444. The van der Waals surface area contributed by atoms with Crippen molar-refractivity contribution >= 4 is 12.1 Å². The van der Waals surface area contributed by atoms with Gasteiger partial charge in [0.15, 0.2) is 0 Å². The van der Waals surface area contributed by atoms with Crippen LogP contribution < -0.4 is 0 Å². The summed E-state index contributed by atoms with van der Waals surface area (Å²) in [5, 5.41) is 0. The number of ether oxygens (including phenoxy) is 2. The van der Waals surface area contributed by atoms with Crippen LogP contribution in [0.25, 0.3) is 0 Å². The molecule has 1 rings (SSSR count). The smallest absolute Gasteiger partial charge is 0.411 e. The zero-order valence-corrected chi connectivity index (χ0v) is 14.3. The molecule has 1 aromatic rings. The lowest BCUT2D eigenvalue weighted by molar-refractivity contribution is -0.141. The van der Waals surface area contributed by atoms with Crippen molar-refractivity contribution in [2.75, 3.05) is 20.2 Å². The highest BCUT2D eigenvalue weighted by Crippen LogP contribution is 2.13. The van der Waals surface area contributed by atoms with Gasteiger partial charge in [0.2, 0.25) is 0 Å². The molecule has 0 aliphatic rings. The van der Waals surface area contributed by atoms with E-state index in [0.717, 1.165) is 11.1 Å². The second-order valence-corrected chi connectivity index (χ2v) is 6.32. The van der Waals surface area contributed by atoms with E-state index in [2.05, 4.69) is 11.3 Å². The van der Waals surface area contributed by atoms with E-state index in [0.29, 0.717) is 6.42 Å². The number of methoxy groups -OCH3 is 1. The van der Waals surface area contributed by atoms with Gasteiger partial charge in [-0.1, -0.05) is 42.5 Å². The molecule has 0 bridgehead atoms. The third-order valence-electron chi connectivity index (χ3n) is 2.91. The number of nitrogens with zero attached hydrogens (tertiary/aromatic N) is 1. The first-order valence-corrected chi connectivity index (χ1v) is 7.46. The Morgan fingerprint density at radius 1 is 1.13 bits per heavy atom. The van der Waals surface area contributed by atoms with Crippen molar-refractivity contribution in [3.63, 3.8) is 0 Å². The molecular formula is C18H25NO4. The molecule has 0 aliphatic heterocycles. The van der Waals surface area contributed by atoms with Gasteiger partial charge in [0.1, 0.15) is 12.1 Å². The zero-order chi connectivity index (χ0) is 17.5. The van der Waals surface area contributed by atoms with Crippen LogP contribution in [-0.2, 0) is 20.7 Å². The molecule has 0 saturated carbocycles. The summed E-state index contributed by atoms with van der Waals surface area (Å²) in [6.45, 7) is 9.40. The largest absolute Gasteiger partial charge is 0.468 e. The summed E-state index contributed by atoms with van der Waals surface area (Å²) >= 11 is 0. The van der Waals surface area contributed by atoms with Crippen LogP contribution in [0, 0.1) is 0 Å². The van der Waals surface area contributed by atoms with E-state index in [1.165, 1.54) is 12.0 Å². The zero-order valence-electron chi connectivity index (χ0n) is 14.3. The number of carbonyl (C=O) groups excluding carboxylic acids is 2. The van der Waals surface area contributed by atoms with Crippen LogP contribution in [0.1, 0.15) is 26.3 Å². The third kappa shape index (κ3) is 7.49. The molecule has 0 heterocycles. The summed E-state index contributed by atoms with van der Waals surface area (Å²) in [6.07, 6.45) is 0.0681. The molecule has 5 nitrogen and oxygen atoms in total. The number of carbonyl (C=O) groups is 2. The Labute approximate surface area is 137 Å². The lowest BCUT2D eigenvalue weighted by Crippen LogP contribution is -2.41. The standard InChI is InChI=1S/C18H25NO4/c1-14(11-15-9-7-6-8-10-15)12-19(13-16(20)22-5)17(21)23-18(2,3)4/h6-10H,1,11-13H2,2-5H3. The summed E-state index contributed by atoms with van der Waals surface area (Å²) < 4.78 is 9.98. The molecule has 1 amide bonds. The van der Waals surface area contributed by atoms with Crippen molar-refractivity contribution in [1.82, 2.24) is 4.90 Å². The highest BCUT2D eigenvalue weighted by atomic mass is 16.6. The quantitative estimate of drug-likeness (QED) is 0.597. The first-order valence-electron chi connectivity index (χ1n) is 7.46. The predicted molar refractivity (Wildman–Crippen MR) is 89.1 cm³/mol. The van der Waals surface area contributed by atoms with Gasteiger partial charge >= 0.3 is 12.1 Å². The van der Waals surface area contributed by atoms with Crippen molar-refractivity contribution in [2.24, 2.45) is 0 Å². The van der Waals surface area contributed by atoms with Gasteiger partial charge in [0, 0.05) is 6.54 Å². The lowest BCUT2D eigenvalue weighted by Gasteiger charge is -2.27. The molecule has 0 atom stereocenters. The average Bonchev–Trinajstić information content (AvgIpc) is 2.45. The van der Waals surface area contributed by atoms with Crippen LogP contribution in [-0.4, -0.2) is 42.8 Å². The molecule has 5 heteroatoms. The van der Waals surface area contributed by atoms with E-state index in [9.17, 15) is 9.59 Å².